The Hall–Kier alpha value is -2.02. The highest BCUT2D eigenvalue weighted by Crippen LogP contribution is 2.41. The van der Waals surface area contributed by atoms with Crippen LogP contribution in [0.5, 0.6) is 0 Å². The first-order valence-electron chi connectivity index (χ1n) is 6.86. The molecule has 20 heavy (non-hydrogen) atoms. The van der Waals surface area contributed by atoms with Gasteiger partial charge in [0.05, 0.1) is 17.2 Å². The molecule has 106 valence electrons. The molecular weight excluding hydrogens is 252 g/mol. The van der Waals surface area contributed by atoms with Crippen LogP contribution in [0.15, 0.2) is 24.3 Å². The molecular formula is C16H20N2O2. The minimum Gasteiger partial charge on any atom is -0.444 e. The van der Waals surface area contributed by atoms with Gasteiger partial charge in [0, 0.05) is 0 Å². The Morgan fingerprint density at radius 1 is 1.30 bits per heavy atom. The average Bonchev–Trinajstić information content (AvgIpc) is 2.32. The number of benzene rings is 1. The van der Waals surface area contributed by atoms with Crippen molar-refractivity contribution in [3.63, 3.8) is 0 Å². The molecule has 1 aromatic carbocycles. The lowest BCUT2D eigenvalue weighted by molar-refractivity contribution is 0.0377. The molecule has 0 spiro atoms. The van der Waals surface area contributed by atoms with Crippen molar-refractivity contribution in [3.8, 4) is 6.07 Å². The first-order chi connectivity index (χ1) is 9.35. The highest BCUT2D eigenvalue weighted by Gasteiger charge is 2.41. The van der Waals surface area contributed by atoms with Gasteiger partial charge in [0.25, 0.3) is 0 Å². The standard InChI is InChI=1S/C16H20N2O2/c1-15(2,3)20-14(19)18-16(9-4-10-16)13-7-5-12(11-17)6-8-13/h5-8H,4,9-10H2,1-3H3,(H,18,19). The van der Waals surface area contributed by atoms with Crippen molar-refractivity contribution < 1.29 is 9.53 Å². The highest BCUT2D eigenvalue weighted by atomic mass is 16.6. The number of hydrogen-bond acceptors (Lipinski definition) is 3. The summed E-state index contributed by atoms with van der Waals surface area (Å²) in [5, 5.41) is 11.8. The second kappa shape index (κ2) is 5.16. The summed E-state index contributed by atoms with van der Waals surface area (Å²) < 4.78 is 5.33. The molecule has 0 radical (unpaired) electrons. The molecule has 4 nitrogen and oxygen atoms in total. The first-order valence-corrected chi connectivity index (χ1v) is 6.86. The maximum atomic E-state index is 12.0. The van der Waals surface area contributed by atoms with E-state index in [1.54, 1.807) is 12.1 Å². The molecule has 0 heterocycles. The van der Waals surface area contributed by atoms with Crippen molar-refractivity contribution in [2.75, 3.05) is 0 Å². The van der Waals surface area contributed by atoms with E-state index in [0.29, 0.717) is 5.56 Å². The summed E-state index contributed by atoms with van der Waals surface area (Å²) in [5.41, 5.74) is 0.824. The molecule has 1 amide bonds. The molecule has 0 unspecified atom stereocenters. The van der Waals surface area contributed by atoms with E-state index in [2.05, 4.69) is 11.4 Å². The lowest BCUT2D eigenvalue weighted by Crippen LogP contribution is -2.52. The maximum Gasteiger partial charge on any atom is 0.408 e. The van der Waals surface area contributed by atoms with Gasteiger partial charge in [-0.3, -0.25) is 0 Å². The maximum absolute atomic E-state index is 12.0. The lowest BCUT2D eigenvalue weighted by atomic mass is 9.72. The predicted molar refractivity (Wildman–Crippen MR) is 76.1 cm³/mol. The zero-order chi connectivity index (χ0) is 14.8. The molecule has 0 saturated heterocycles. The van der Waals surface area contributed by atoms with E-state index in [4.69, 9.17) is 10.00 Å². The quantitative estimate of drug-likeness (QED) is 0.896. The zero-order valence-electron chi connectivity index (χ0n) is 12.2. The highest BCUT2D eigenvalue weighted by molar-refractivity contribution is 5.69. The van der Waals surface area contributed by atoms with Crippen LogP contribution >= 0.6 is 0 Å². The molecule has 1 aliphatic rings. The molecule has 4 heteroatoms. The van der Waals surface area contributed by atoms with Gasteiger partial charge in [0.15, 0.2) is 0 Å². The van der Waals surface area contributed by atoms with E-state index in [9.17, 15) is 4.79 Å². The SMILES string of the molecule is CC(C)(C)OC(=O)NC1(c2ccc(C#N)cc2)CCC1. The number of nitriles is 1. The molecule has 0 bridgehead atoms. The normalized spacial score (nSPS) is 16.7. The Kier molecular flexibility index (Phi) is 3.71. The molecule has 0 aliphatic heterocycles. The van der Waals surface area contributed by atoms with Gasteiger partial charge in [0.1, 0.15) is 5.60 Å². The van der Waals surface area contributed by atoms with Crippen LogP contribution in [0, 0.1) is 11.3 Å². The third-order valence-corrected chi connectivity index (χ3v) is 3.51. The molecule has 1 aromatic rings. The van der Waals surface area contributed by atoms with Crippen molar-refractivity contribution in [1.82, 2.24) is 5.32 Å². The van der Waals surface area contributed by atoms with Gasteiger partial charge in [-0.15, -0.1) is 0 Å². The van der Waals surface area contributed by atoms with Crippen LogP contribution in [0.1, 0.15) is 51.2 Å². The van der Waals surface area contributed by atoms with Crippen molar-refractivity contribution in [1.29, 1.82) is 5.26 Å². The van der Waals surface area contributed by atoms with Crippen molar-refractivity contribution in [3.05, 3.63) is 35.4 Å². The molecule has 1 fully saturated rings. The number of carbonyl (C=O) groups excluding carboxylic acids is 1. The Labute approximate surface area is 119 Å². The Bertz CT molecular complexity index is 531. The second-order valence-electron chi connectivity index (χ2n) is 6.25. The van der Waals surface area contributed by atoms with Gasteiger partial charge in [0.2, 0.25) is 0 Å². The lowest BCUT2D eigenvalue weighted by Gasteiger charge is -2.43. The number of rotatable bonds is 2. The van der Waals surface area contributed by atoms with Crippen LogP contribution in [0.25, 0.3) is 0 Å². The van der Waals surface area contributed by atoms with E-state index in [1.807, 2.05) is 32.9 Å². The van der Waals surface area contributed by atoms with Crippen LogP contribution in [-0.4, -0.2) is 11.7 Å². The summed E-state index contributed by atoms with van der Waals surface area (Å²) >= 11 is 0. The number of carbonyl (C=O) groups is 1. The second-order valence-corrected chi connectivity index (χ2v) is 6.25. The van der Waals surface area contributed by atoms with Gasteiger partial charge in [-0.05, 0) is 57.7 Å². The average molecular weight is 272 g/mol. The van der Waals surface area contributed by atoms with Gasteiger partial charge < -0.3 is 10.1 Å². The number of nitrogens with zero attached hydrogens (tertiary/aromatic N) is 1. The third-order valence-electron chi connectivity index (χ3n) is 3.51. The largest absolute Gasteiger partial charge is 0.444 e. The van der Waals surface area contributed by atoms with Crippen LogP contribution in [0.2, 0.25) is 0 Å². The number of ether oxygens (including phenoxy) is 1. The summed E-state index contributed by atoms with van der Waals surface area (Å²) in [5.74, 6) is 0. The fourth-order valence-electron chi connectivity index (χ4n) is 2.38. The molecule has 1 saturated carbocycles. The topological polar surface area (TPSA) is 62.1 Å². The summed E-state index contributed by atoms with van der Waals surface area (Å²) in [6.07, 6.45) is 2.49. The third kappa shape index (κ3) is 3.11. The molecule has 2 rings (SSSR count). The fraction of sp³-hybridized carbons (Fsp3) is 0.500. The smallest absolute Gasteiger partial charge is 0.408 e. The first kappa shape index (κ1) is 14.4. The van der Waals surface area contributed by atoms with Crippen molar-refractivity contribution in [2.45, 2.75) is 51.2 Å². The van der Waals surface area contributed by atoms with E-state index in [0.717, 1.165) is 24.8 Å². The van der Waals surface area contributed by atoms with Crippen molar-refractivity contribution >= 4 is 6.09 Å². The Morgan fingerprint density at radius 3 is 2.30 bits per heavy atom. The molecule has 1 aliphatic carbocycles. The number of amides is 1. The predicted octanol–water partition coefficient (Wildman–Crippen LogP) is 3.46. The van der Waals surface area contributed by atoms with Crippen LogP contribution in [0.4, 0.5) is 4.79 Å². The van der Waals surface area contributed by atoms with Gasteiger partial charge >= 0.3 is 6.09 Å². The summed E-state index contributed by atoms with van der Waals surface area (Å²) in [6, 6.07) is 9.49. The van der Waals surface area contributed by atoms with E-state index in [-0.39, 0.29) is 11.6 Å². The monoisotopic (exact) mass is 272 g/mol. The van der Waals surface area contributed by atoms with E-state index >= 15 is 0 Å². The summed E-state index contributed by atoms with van der Waals surface area (Å²) in [6.45, 7) is 5.55. The van der Waals surface area contributed by atoms with Crippen LogP contribution < -0.4 is 5.32 Å². The minimum absolute atomic E-state index is 0.337. The number of alkyl carbamates (subject to hydrolysis) is 1. The van der Waals surface area contributed by atoms with E-state index < -0.39 is 5.60 Å². The Morgan fingerprint density at radius 2 is 1.90 bits per heavy atom. The molecule has 1 N–H and O–H groups in total. The fourth-order valence-corrected chi connectivity index (χ4v) is 2.38. The Balaban J connectivity index is 2.13. The number of hydrogen-bond donors (Lipinski definition) is 1. The van der Waals surface area contributed by atoms with Gasteiger partial charge in [-0.2, -0.15) is 5.26 Å². The minimum atomic E-state index is -0.500. The summed E-state index contributed by atoms with van der Waals surface area (Å²) in [7, 11) is 0. The van der Waals surface area contributed by atoms with E-state index in [1.165, 1.54) is 0 Å². The van der Waals surface area contributed by atoms with Crippen molar-refractivity contribution in [2.24, 2.45) is 0 Å². The summed E-state index contributed by atoms with van der Waals surface area (Å²) in [4.78, 5) is 12.0. The van der Waals surface area contributed by atoms with Crippen LogP contribution in [0.3, 0.4) is 0 Å². The zero-order valence-corrected chi connectivity index (χ0v) is 12.2. The number of nitrogens with one attached hydrogen (secondary N) is 1. The van der Waals surface area contributed by atoms with Gasteiger partial charge in [-0.1, -0.05) is 12.1 Å². The molecule has 0 aromatic heterocycles. The van der Waals surface area contributed by atoms with Gasteiger partial charge in [-0.25, -0.2) is 4.79 Å². The van der Waals surface area contributed by atoms with Crippen LogP contribution in [-0.2, 0) is 10.3 Å². The molecule has 0 atom stereocenters.